The fourth-order valence-electron chi connectivity index (χ4n) is 3.60. The molecule has 0 saturated carbocycles. The zero-order chi connectivity index (χ0) is 15.3. The SMILES string of the molecule is CCCC1(CCNC(=O)c2cccs2)CCOC(C)(C)C1. The number of nitrogens with one attached hydrogen (secondary N) is 1. The minimum Gasteiger partial charge on any atom is -0.376 e. The molecule has 0 aliphatic carbocycles. The Labute approximate surface area is 132 Å². The van der Waals surface area contributed by atoms with Crippen LogP contribution in [0.25, 0.3) is 0 Å². The minimum atomic E-state index is -0.0365. The number of carbonyl (C=O) groups is 1. The van der Waals surface area contributed by atoms with Crippen LogP contribution in [0.1, 0.15) is 62.5 Å². The summed E-state index contributed by atoms with van der Waals surface area (Å²) in [4.78, 5) is 12.8. The van der Waals surface area contributed by atoms with Crippen molar-refractivity contribution >= 4 is 17.2 Å². The molecule has 1 fully saturated rings. The highest BCUT2D eigenvalue weighted by atomic mass is 32.1. The van der Waals surface area contributed by atoms with Gasteiger partial charge in [-0.1, -0.05) is 19.4 Å². The highest BCUT2D eigenvalue weighted by Crippen LogP contribution is 2.44. The van der Waals surface area contributed by atoms with Crippen LogP contribution in [-0.4, -0.2) is 24.7 Å². The Balaban J connectivity index is 1.89. The molecular weight excluding hydrogens is 282 g/mol. The van der Waals surface area contributed by atoms with Crippen LogP contribution in [0.5, 0.6) is 0 Å². The summed E-state index contributed by atoms with van der Waals surface area (Å²) < 4.78 is 5.87. The van der Waals surface area contributed by atoms with Gasteiger partial charge in [0, 0.05) is 13.2 Å². The van der Waals surface area contributed by atoms with E-state index in [0.717, 1.165) is 37.3 Å². The Morgan fingerprint density at radius 2 is 2.24 bits per heavy atom. The Kier molecular flexibility index (Phi) is 5.44. The predicted octanol–water partition coefficient (Wildman–Crippen LogP) is 4.24. The molecule has 2 heterocycles. The molecule has 2 rings (SSSR count). The number of carbonyl (C=O) groups excluding carboxylic acids is 1. The maximum atomic E-state index is 12.0. The van der Waals surface area contributed by atoms with Crippen LogP contribution in [0, 0.1) is 5.41 Å². The maximum Gasteiger partial charge on any atom is 0.261 e. The van der Waals surface area contributed by atoms with Crippen molar-refractivity contribution in [2.45, 2.75) is 58.5 Å². The van der Waals surface area contributed by atoms with Gasteiger partial charge in [-0.05, 0) is 56.4 Å². The van der Waals surface area contributed by atoms with Gasteiger partial charge in [0.05, 0.1) is 10.5 Å². The van der Waals surface area contributed by atoms with E-state index >= 15 is 0 Å². The molecule has 1 saturated heterocycles. The molecule has 1 aliphatic heterocycles. The van der Waals surface area contributed by atoms with Crippen LogP contribution >= 0.6 is 11.3 Å². The Bertz CT molecular complexity index is 451. The van der Waals surface area contributed by atoms with Gasteiger partial charge in [-0.3, -0.25) is 4.79 Å². The second-order valence-corrected chi connectivity index (χ2v) is 7.72. The lowest BCUT2D eigenvalue weighted by Crippen LogP contribution is -2.43. The molecule has 0 bridgehead atoms. The monoisotopic (exact) mass is 309 g/mol. The number of thiophene rings is 1. The van der Waals surface area contributed by atoms with Crippen molar-refractivity contribution in [3.05, 3.63) is 22.4 Å². The molecule has 1 aliphatic rings. The van der Waals surface area contributed by atoms with Gasteiger partial charge >= 0.3 is 0 Å². The Morgan fingerprint density at radius 3 is 2.86 bits per heavy atom. The van der Waals surface area contributed by atoms with E-state index < -0.39 is 0 Å². The van der Waals surface area contributed by atoms with Gasteiger partial charge in [0.15, 0.2) is 0 Å². The zero-order valence-electron chi connectivity index (χ0n) is 13.4. The van der Waals surface area contributed by atoms with Gasteiger partial charge in [-0.25, -0.2) is 0 Å². The van der Waals surface area contributed by atoms with E-state index in [0.29, 0.717) is 5.41 Å². The van der Waals surface area contributed by atoms with Gasteiger partial charge in [0.25, 0.3) is 5.91 Å². The smallest absolute Gasteiger partial charge is 0.261 e. The van der Waals surface area contributed by atoms with Crippen molar-refractivity contribution < 1.29 is 9.53 Å². The van der Waals surface area contributed by atoms with Crippen LogP contribution < -0.4 is 5.32 Å². The summed E-state index contributed by atoms with van der Waals surface area (Å²) >= 11 is 1.49. The number of hydrogen-bond acceptors (Lipinski definition) is 3. The molecule has 0 spiro atoms. The summed E-state index contributed by atoms with van der Waals surface area (Å²) in [5, 5.41) is 5.01. The third-order valence-electron chi connectivity index (χ3n) is 4.39. The molecule has 1 aromatic rings. The predicted molar refractivity (Wildman–Crippen MR) is 87.9 cm³/mol. The lowest BCUT2D eigenvalue weighted by molar-refractivity contribution is -0.109. The summed E-state index contributed by atoms with van der Waals surface area (Å²) in [6.45, 7) is 8.20. The highest BCUT2D eigenvalue weighted by Gasteiger charge is 2.39. The highest BCUT2D eigenvalue weighted by molar-refractivity contribution is 7.12. The fraction of sp³-hybridized carbons (Fsp3) is 0.706. The van der Waals surface area contributed by atoms with E-state index in [-0.39, 0.29) is 11.5 Å². The van der Waals surface area contributed by atoms with Crippen molar-refractivity contribution in [2.24, 2.45) is 5.41 Å². The van der Waals surface area contributed by atoms with Crippen LogP contribution in [0.15, 0.2) is 17.5 Å². The molecule has 21 heavy (non-hydrogen) atoms. The summed E-state index contributed by atoms with van der Waals surface area (Å²) in [6.07, 6.45) is 5.65. The number of rotatable bonds is 6. The molecule has 1 unspecified atom stereocenters. The molecular formula is C17H27NO2S. The third-order valence-corrected chi connectivity index (χ3v) is 5.26. The van der Waals surface area contributed by atoms with Gasteiger partial charge in [-0.15, -0.1) is 11.3 Å². The fourth-order valence-corrected chi connectivity index (χ4v) is 4.24. The van der Waals surface area contributed by atoms with E-state index in [2.05, 4.69) is 26.1 Å². The average Bonchev–Trinajstić information content (AvgIpc) is 2.91. The first kappa shape index (κ1) is 16.5. The second kappa shape index (κ2) is 6.93. The van der Waals surface area contributed by atoms with E-state index in [1.807, 2.05) is 17.5 Å². The van der Waals surface area contributed by atoms with Gasteiger partial charge in [-0.2, -0.15) is 0 Å². The average molecular weight is 309 g/mol. The Hall–Kier alpha value is -0.870. The molecule has 1 atom stereocenters. The van der Waals surface area contributed by atoms with E-state index in [9.17, 15) is 4.79 Å². The molecule has 1 amide bonds. The molecule has 1 N–H and O–H groups in total. The quantitative estimate of drug-likeness (QED) is 0.853. The van der Waals surface area contributed by atoms with Crippen LogP contribution in [0.3, 0.4) is 0 Å². The molecule has 0 radical (unpaired) electrons. The largest absolute Gasteiger partial charge is 0.376 e. The van der Waals surface area contributed by atoms with Crippen molar-refractivity contribution in [1.29, 1.82) is 0 Å². The molecule has 4 heteroatoms. The van der Waals surface area contributed by atoms with Crippen molar-refractivity contribution in [2.75, 3.05) is 13.2 Å². The Morgan fingerprint density at radius 1 is 1.43 bits per heavy atom. The van der Waals surface area contributed by atoms with Gasteiger partial charge < -0.3 is 10.1 Å². The summed E-state index contributed by atoms with van der Waals surface area (Å²) in [7, 11) is 0. The first-order chi connectivity index (χ1) is 9.96. The first-order valence-corrected chi connectivity index (χ1v) is 8.80. The second-order valence-electron chi connectivity index (χ2n) is 6.77. The van der Waals surface area contributed by atoms with Gasteiger partial charge in [0.2, 0.25) is 0 Å². The number of amides is 1. The lowest BCUT2D eigenvalue weighted by atomic mass is 9.69. The molecule has 3 nitrogen and oxygen atoms in total. The summed E-state index contributed by atoms with van der Waals surface area (Å²) in [5.74, 6) is 0.0583. The number of ether oxygens (including phenoxy) is 1. The zero-order valence-corrected chi connectivity index (χ0v) is 14.2. The van der Waals surface area contributed by atoms with Crippen molar-refractivity contribution in [3.63, 3.8) is 0 Å². The minimum absolute atomic E-state index is 0.0365. The molecule has 0 aromatic carbocycles. The van der Waals surface area contributed by atoms with Crippen LogP contribution in [0.2, 0.25) is 0 Å². The van der Waals surface area contributed by atoms with Crippen LogP contribution in [0.4, 0.5) is 0 Å². The topological polar surface area (TPSA) is 38.3 Å². The standard InChI is InChI=1S/C17H27NO2S/c1-4-7-17(9-11-20-16(2,3)13-17)8-10-18-15(19)14-6-5-12-21-14/h5-6,12H,4,7-11,13H2,1-3H3,(H,18,19). The summed E-state index contributed by atoms with van der Waals surface area (Å²) in [5.41, 5.74) is 0.282. The molecule has 118 valence electrons. The number of hydrogen-bond donors (Lipinski definition) is 1. The van der Waals surface area contributed by atoms with Crippen molar-refractivity contribution in [1.82, 2.24) is 5.32 Å². The lowest BCUT2D eigenvalue weighted by Gasteiger charge is -2.45. The first-order valence-electron chi connectivity index (χ1n) is 7.92. The third kappa shape index (κ3) is 4.55. The van der Waals surface area contributed by atoms with Crippen molar-refractivity contribution in [3.8, 4) is 0 Å². The van der Waals surface area contributed by atoms with E-state index in [4.69, 9.17) is 4.74 Å². The van der Waals surface area contributed by atoms with E-state index in [1.54, 1.807) is 0 Å². The van der Waals surface area contributed by atoms with Gasteiger partial charge in [0.1, 0.15) is 0 Å². The van der Waals surface area contributed by atoms with E-state index in [1.165, 1.54) is 24.2 Å². The summed E-state index contributed by atoms with van der Waals surface area (Å²) in [6, 6.07) is 3.79. The maximum absolute atomic E-state index is 12.0. The molecule has 1 aromatic heterocycles. The van der Waals surface area contributed by atoms with Crippen LogP contribution in [-0.2, 0) is 4.74 Å². The normalized spacial score (nSPS) is 24.7.